The van der Waals surface area contributed by atoms with Crippen LogP contribution in [0, 0.1) is 0 Å². The maximum atomic E-state index is 12.7. The molecule has 0 atom stereocenters. The highest BCUT2D eigenvalue weighted by Crippen LogP contribution is 2.15. The smallest absolute Gasteiger partial charge is 0.258 e. The van der Waals surface area contributed by atoms with E-state index >= 15 is 0 Å². The van der Waals surface area contributed by atoms with Gasteiger partial charge in [0.25, 0.3) is 11.5 Å². The van der Waals surface area contributed by atoms with E-state index in [2.05, 4.69) is 10.3 Å². The highest BCUT2D eigenvalue weighted by atomic mass is 32.2. The molecule has 3 aromatic rings. The van der Waals surface area contributed by atoms with Gasteiger partial charge in [-0.1, -0.05) is 12.1 Å². The average Bonchev–Trinajstić information content (AvgIpc) is 3.27. The summed E-state index contributed by atoms with van der Waals surface area (Å²) < 4.78 is 1.51. The molecule has 0 spiro atoms. The number of benzene rings is 1. The Bertz CT molecular complexity index is 1130. The maximum absolute atomic E-state index is 12.7. The number of likely N-dealkylation sites (tertiary alicyclic amines) is 1. The number of carbonyl (C=O) groups excluding carboxylic acids is 2. The van der Waals surface area contributed by atoms with Crippen LogP contribution < -0.4 is 10.9 Å². The summed E-state index contributed by atoms with van der Waals surface area (Å²) in [5, 5.41) is 4.72. The number of carbonyl (C=O) groups is 2. The molecule has 162 valence electrons. The number of nitrogens with one attached hydrogen (secondary N) is 1. The zero-order valence-corrected chi connectivity index (χ0v) is 18.7. The van der Waals surface area contributed by atoms with Crippen LogP contribution >= 0.6 is 23.1 Å². The number of thioether (sulfide) groups is 1. The van der Waals surface area contributed by atoms with Gasteiger partial charge in [0.1, 0.15) is 0 Å². The molecule has 1 aliphatic heterocycles. The molecule has 2 amide bonds. The van der Waals surface area contributed by atoms with E-state index in [1.54, 1.807) is 6.20 Å². The molecule has 2 aromatic heterocycles. The Morgan fingerprint density at radius 2 is 2.00 bits per heavy atom. The lowest BCUT2D eigenvalue weighted by atomic mass is 10.1. The third-order valence-corrected chi connectivity index (χ3v) is 6.87. The van der Waals surface area contributed by atoms with Gasteiger partial charge < -0.3 is 10.2 Å². The fraction of sp³-hybridized carbons (Fsp3) is 0.364. The van der Waals surface area contributed by atoms with Gasteiger partial charge in [-0.05, 0) is 37.0 Å². The second-order valence-corrected chi connectivity index (χ2v) is 9.32. The summed E-state index contributed by atoms with van der Waals surface area (Å²) in [7, 11) is 0. The lowest BCUT2D eigenvalue weighted by molar-refractivity contribution is -0.118. The monoisotopic (exact) mass is 456 g/mol. The first-order chi connectivity index (χ1) is 15.1. The summed E-state index contributed by atoms with van der Waals surface area (Å²) in [6.45, 7) is 2.01. The Morgan fingerprint density at radius 1 is 1.16 bits per heavy atom. The van der Waals surface area contributed by atoms with Gasteiger partial charge >= 0.3 is 0 Å². The zero-order chi connectivity index (χ0) is 21.6. The highest BCUT2D eigenvalue weighted by molar-refractivity contribution is 7.99. The Balaban J connectivity index is 1.25. The number of hydrogen-bond donors (Lipinski definition) is 1. The van der Waals surface area contributed by atoms with Crippen LogP contribution in [0.3, 0.4) is 0 Å². The SMILES string of the molecule is O=C(CSCc1cc(=O)n2ccsc2n1)NCc1cccc(C(=O)N2CCCCC2)c1. The van der Waals surface area contributed by atoms with Crippen molar-refractivity contribution in [3.05, 3.63) is 69.1 Å². The number of aromatic nitrogens is 2. The first-order valence-corrected chi connectivity index (χ1v) is 12.3. The molecule has 1 N–H and O–H groups in total. The quantitative estimate of drug-likeness (QED) is 0.591. The summed E-state index contributed by atoms with van der Waals surface area (Å²) in [6, 6.07) is 8.97. The van der Waals surface area contributed by atoms with E-state index in [4.69, 9.17) is 0 Å². The Hall–Kier alpha value is -2.65. The molecule has 0 saturated carbocycles. The van der Waals surface area contributed by atoms with E-state index in [-0.39, 0.29) is 23.1 Å². The third-order valence-electron chi connectivity index (χ3n) is 5.15. The molecule has 0 bridgehead atoms. The van der Waals surface area contributed by atoms with E-state index in [0.29, 0.717) is 28.5 Å². The molecule has 0 unspecified atom stereocenters. The number of rotatable bonds is 7. The summed E-state index contributed by atoms with van der Waals surface area (Å²) >= 11 is 2.83. The average molecular weight is 457 g/mol. The molecular weight excluding hydrogens is 432 g/mol. The van der Waals surface area contributed by atoms with Crippen molar-refractivity contribution >= 4 is 39.9 Å². The standard InChI is InChI=1S/C22H24N4O3S2/c27-19(15-30-14-18-12-20(28)26-9-10-31-22(26)24-18)23-13-16-5-4-6-17(11-16)21(29)25-7-2-1-3-8-25/h4-6,9-12H,1-3,7-8,13-15H2,(H,23,27). The minimum absolute atomic E-state index is 0.0644. The molecule has 1 saturated heterocycles. The molecule has 1 fully saturated rings. The number of hydrogen-bond acceptors (Lipinski definition) is 6. The predicted octanol–water partition coefficient (Wildman–Crippen LogP) is 2.93. The largest absolute Gasteiger partial charge is 0.351 e. The van der Waals surface area contributed by atoms with Gasteiger partial charge in [0.15, 0.2) is 4.96 Å². The van der Waals surface area contributed by atoms with Gasteiger partial charge in [0.05, 0.1) is 11.4 Å². The minimum atomic E-state index is -0.106. The molecule has 3 heterocycles. The molecule has 1 aliphatic rings. The fourth-order valence-electron chi connectivity index (χ4n) is 3.56. The molecule has 31 heavy (non-hydrogen) atoms. The van der Waals surface area contributed by atoms with Crippen molar-refractivity contribution in [2.45, 2.75) is 31.6 Å². The Kier molecular flexibility index (Phi) is 7.03. The number of nitrogens with zero attached hydrogens (tertiary/aromatic N) is 3. The Morgan fingerprint density at radius 3 is 2.84 bits per heavy atom. The summed E-state index contributed by atoms with van der Waals surface area (Å²) in [5.41, 5.74) is 2.14. The normalized spacial score (nSPS) is 14.0. The van der Waals surface area contributed by atoms with Gasteiger partial charge in [-0.2, -0.15) is 0 Å². The van der Waals surface area contributed by atoms with Crippen LogP contribution in [0.4, 0.5) is 0 Å². The molecule has 0 aliphatic carbocycles. The summed E-state index contributed by atoms with van der Waals surface area (Å²) in [5.74, 6) is 0.746. The van der Waals surface area contributed by atoms with Crippen LogP contribution in [-0.2, 0) is 17.1 Å². The van der Waals surface area contributed by atoms with Gasteiger partial charge in [-0.15, -0.1) is 23.1 Å². The summed E-state index contributed by atoms with van der Waals surface area (Å²) in [4.78, 5) is 43.9. The lowest BCUT2D eigenvalue weighted by Gasteiger charge is -2.26. The highest BCUT2D eigenvalue weighted by Gasteiger charge is 2.18. The molecule has 0 radical (unpaired) electrons. The zero-order valence-electron chi connectivity index (χ0n) is 17.1. The summed E-state index contributed by atoms with van der Waals surface area (Å²) in [6.07, 6.45) is 5.01. The van der Waals surface area contributed by atoms with Crippen molar-refractivity contribution in [3.63, 3.8) is 0 Å². The molecule has 7 nitrogen and oxygen atoms in total. The first kappa shape index (κ1) is 21.6. The van der Waals surface area contributed by atoms with E-state index in [1.165, 1.54) is 40.0 Å². The van der Waals surface area contributed by atoms with Crippen LogP contribution in [0.2, 0.25) is 0 Å². The number of fused-ring (bicyclic) bond motifs is 1. The van der Waals surface area contributed by atoms with Crippen molar-refractivity contribution in [3.8, 4) is 0 Å². The Labute approximate surface area is 188 Å². The van der Waals surface area contributed by atoms with Crippen LogP contribution in [0.25, 0.3) is 4.96 Å². The van der Waals surface area contributed by atoms with Crippen LogP contribution in [-0.4, -0.2) is 44.9 Å². The second-order valence-electron chi connectivity index (χ2n) is 7.46. The predicted molar refractivity (Wildman–Crippen MR) is 124 cm³/mol. The number of piperidine rings is 1. The topological polar surface area (TPSA) is 83.8 Å². The number of amides is 2. The van der Waals surface area contributed by atoms with Gasteiger partial charge in [-0.3, -0.25) is 18.8 Å². The van der Waals surface area contributed by atoms with E-state index in [9.17, 15) is 14.4 Å². The lowest BCUT2D eigenvalue weighted by Crippen LogP contribution is -2.35. The van der Waals surface area contributed by atoms with Gasteiger partial charge in [-0.25, -0.2) is 4.98 Å². The third kappa shape index (κ3) is 5.54. The van der Waals surface area contributed by atoms with E-state index in [0.717, 1.165) is 31.5 Å². The van der Waals surface area contributed by atoms with Crippen molar-refractivity contribution < 1.29 is 9.59 Å². The van der Waals surface area contributed by atoms with Crippen LogP contribution in [0.1, 0.15) is 40.9 Å². The van der Waals surface area contributed by atoms with Gasteiger partial charge in [0.2, 0.25) is 5.91 Å². The maximum Gasteiger partial charge on any atom is 0.258 e. The van der Waals surface area contributed by atoms with Crippen molar-refractivity contribution in [2.24, 2.45) is 0 Å². The van der Waals surface area contributed by atoms with Crippen molar-refractivity contribution in [2.75, 3.05) is 18.8 Å². The van der Waals surface area contributed by atoms with Crippen molar-refractivity contribution in [1.82, 2.24) is 19.6 Å². The molecule has 1 aromatic carbocycles. The van der Waals surface area contributed by atoms with Crippen LogP contribution in [0.5, 0.6) is 0 Å². The first-order valence-electron chi connectivity index (χ1n) is 10.3. The van der Waals surface area contributed by atoms with E-state index < -0.39 is 0 Å². The molecular formula is C22H24N4O3S2. The second kappa shape index (κ2) is 10.1. The van der Waals surface area contributed by atoms with Crippen molar-refractivity contribution in [1.29, 1.82) is 0 Å². The molecule has 9 heteroatoms. The fourth-order valence-corrected chi connectivity index (χ4v) is 5.04. The van der Waals surface area contributed by atoms with Gasteiger partial charge in [0, 0.05) is 48.6 Å². The number of thiazole rings is 1. The van der Waals surface area contributed by atoms with Crippen LogP contribution in [0.15, 0.2) is 46.7 Å². The van der Waals surface area contributed by atoms with E-state index in [1.807, 2.05) is 34.5 Å². The minimum Gasteiger partial charge on any atom is -0.351 e. The molecule has 4 rings (SSSR count).